The van der Waals surface area contributed by atoms with E-state index in [0.717, 1.165) is 0 Å². The molecule has 23 heavy (non-hydrogen) atoms. The van der Waals surface area contributed by atoms with Crippen LogP contribution >= 0.6 is 11.6 Å². The predicted octanol–water partition coefficient (Wildman–Crippen LogP) is 3.75. The third kappa shape index (κ3) is 3.96. The number of hydrogen-bond acceptors (Lipinski definition) is 4. The zero-order chi connectivity index (χ0) is 17.0. The van der Waals surface area contributed by atoms with Gasteiger partial charge in [0.15, 0.2) is 0 Å². The number of nitrogens with two attached hydrogens (primary N) is 1. The average molecular weight is 355 g/mol. The first-order chi connectivity index (χ1) is 10.9. The fourth-order valence-electron chi connectivity index (χ4n) is 2.12. The molecule has 0 saturated carbocycles. The first-order valence-corrected chi connectivity index (χ1v) is 9.03. The molecule has 0 amide bonds. The Morgan fingerprint density at radius 2 is 1.70 bits per heavy atom. The standard InChI is InChI=1S/C16H19ClN2O3S/c1-3-19(4-2)23(20,21)14-9-10-16(15(18)11-14)22-13-7-5-12(17)6-8-13/h5-11H,3-4,18H2,1-2H3. The van der Waals surface area contributed by atoms with E-state index in [1.165, 1.54) is 16.4 Å². The number of ether oxygens (including phenoxy) is 1. The molecular weight excluding hydrogens is 336 g/mol. The molecule has 0 aliphatic heterocycles. The molecule has 0 fully saturated rings. The Labute approximate surface area is 141 Å². The van der Waals surface area contributed by atoms with Crippen LogP contribution in [-0.4, -0.2) is 25.8 Å². The summed E-state index contributed by atoms with van der Waals surface area (Å²) in [5.41, 5.74) is 6.20. The third-order valence-electron chi connectivity index (χ3n) is 3.37. The highest BCUT2D eigenvalue weighted by Crippen LogP contribution is 2.31. The Bertz CT molecular complexity index is 772. The minimum absolute atomic E-state index is 0.155. The number of sulfonamides is 1. The quantitative estimate of drug-likeness (QED) is 0.802. The maximum Gasteiger partial charge on any atom is 0.243 e. The van der Waals surface area contributed by atoms with Crippen LogP contribution in [0.4, 0.5) is 5.69 Å². The van der Waals surface area contributed by atoms with Gasteiger partial charge in [-0.1, -0.05) is 25.4 Å². The van der Waals surface area contributed by atoms with E-state index in [0.29, 0.717) is 29.6 Å². The molecule has 0 aliphatic carbocycles. The second-order valence-electron chi connectivity index (χ2n) is 4.84. The summed E-state index contributed by atoms with van der Waals surface area (Å²) >= 11 is 5.82. The Kier molecular flexibility index (Phi) is 5.51. The summed E-state index contributed by atoms with van der Waals surface area (Å²) in [4.78, 5) is 0.155. The molecule has 2 aromatic carbocycles. The first kappa shape index (κ1) is 17.6. The van der Waals surface area contributed by atoms with E-state index in [1.54, 1.807) is 44.2 Å². The van der Waals surface area contributed by atoms with Crippen LogP contribution in [0, 0.1) is 0 Å². The zero-order valence-electron chi connectivity index (χ0n) is 13.0. The molecule has 7 heteroatoms. The molecule has 0 radical (unpaired) electrons. The molecular formula is C16H19ClN2O3S. The van der Waals surface area contributed by atoms with Gasteiger partial charge in [0.25, 0.3) is 0 Å². The van der Waals surface area contributed by atoms with Crippen LogP contribution in [-0.2, 0) is 10.0 Å². The molecule has 5 nitrogen and oxygen atoms in total. The molecule has 0 atom stereocenters. The van der Waals surface area contributed by atoms with Gasteiger partial charge in [-0.2, -0.15) is 4.31 Å². The van der Waals surface area contributed by atoms with E-state index in [9.17, 15) is 8.42 Å². The van der Waals surface area contributed by atoms with Crippen molar-refractivity contribution in [2.75, 3.05) is 18.8 Å². The van der Waals surface area contributed by atoms with Gasteiger partial charge >= 0.3 is 0 Å². The molecule has 124 valence electrons. The lowest BCUT2D eigenvalue weighted by Crippen LogP contribution is -2.30. The summed E-state index contributed by atoms with van der Waals surface area (Å²) in [6, 6.07) is 11.3. The van der Waals surface area contributed by atoms with Crippen molar-refractivity contribution in [1.82, 2.24) is 4.31 Å². The summed E-state index contributed by atoms with van der Waals surface area (Å²) in [6.45, 7) is 4.40. The summed E-state index contributed by atoms with van der Waals surface area (Å²) in [5, 5.41) is 0.603. The lowest BCUT2D eigenvalue weighted by Gasteiger charge is -2.19. The summed E-state index contributed by atoms with van der Waals surface area (Å²) in [5.74, 6) is 0.964. The molecule has 0 spiro atoms. The SMILES string of the molecule is CCN(CC)S(=O)(=O)c1ccc(Oc2ccc(Cl)cc2)c(N)c1. The van der Waals surface area contributed by atoms with Crippen molar-refractivity contribution in [2.24, 2.45) is 0 Å². The number of halogens is 1. The van der Waals surface area contributed by atoms with Crippen molar-refractivity contribution in [3.63, 3.8) is 0 Å². The molecule has 2 aromatic rings. The molecule has 0 saturated heterocycles. The van der Waals surface area contributed by atoms with Crippen LogP contribution in [0.5, 0.6) is 11.5 Å². The van der Waals surface area contributed by atoms with Gasteiger partial charge in [-0.15, -0.1) is 0 Å². The smallest absolute Gasteiger partial charge is 0.243 e. The van der Waals surface area contributed by atoms with Crippen LogP contribution in [0.15, 0.2) is 47.4 Å². The van der Waals surface area contributed by atoms with E-state index in [4.69, 9.17) is 22.1 Å². The summed E-state index contributed by atoms with van der Waals surface area (Å²) in [6.07, 6.45) is 0. The van der Waals surface area contributed by atoms with Crippen LogP contribution in [0.1, 0.15) is 13.8 Å². The molecule has 0 aliphatic rings. The highest BCUT2D eigenvalue weighted by molar-refractivity contribution is 7.89. The van der Waals surface area contributed by atoms with Crippen molar-refractivity contribution >= 4 is 27.3 Å². The number of benzene rings is 2. The molecule has 0 unspecified atom stereocenters. The fourth-order valence-corrected chi connectivity index (χ4v) is 3.74. The molecule has 2 N–H and O–H groups in total. The Morgan fingerprint density at radius 1 is 1.09 bits per heavy atom. The summed E-state index contributed by atoms with van der Waals surface area (Å²) in [7, 11) is -3.54. The number of nitrogens with zero attached hydrogens (tertiary/aromatic N) is 1. The van der Waals surface area contributed by atoms with Gasteiger partial charge in [-0.3, -0.25) is 0 Å². The zero-order valence-corrected chi connectivity index (χ0v) is 14.6. The molecule has 0 aromatic heterocycles. The minimum atomic E-state index is -3.54. The molecule has 0 bridgehead atoms. The van der Waals surface area contributed by atoms with Gasteiger partial charge in [-0.05, 0) is 42.5 Å². The lowest BCUT2D eigenvalue weighted by molar-refractivity contribution is 0.445. The number of rotatable bonds is 6. The lowest BCUT2D eigenvalue weighted by atomic mass is 10.3. The van der Waals surface area contributed by atoms with E-state index in [1.807, 2.05) is 0 Å². The van der Waals surface area contributed by atoms with Crippen molar-refractivity contribution < 1.29 is 13.2 Å². The van der Waals surface area contributed by atoms with Crippen LogP contribution in [0.2, 0.25) is 5.02 Å². The monoisotopic (exact) mass is 354 g/mol. The van der Waals surface area contributed by atoms with Crippen molar-refractivity contribution in [3.05, 3.63) is 47.5 Å². The van der Waals surface area contributed by atoms with E-state index in [2.05, 4.69) is 0 Å². The van der Waals surface area contributed by atoms with E-state index >= 15 is 0 Å². The highest BCUT2D eigenvalue weighted by atomic mass is 35.5. The maximum atomic E-state index is 12.5. The fraction of sp³-hybridized carbons (Fsp3) is 0.250. The van der Waals surface area contributed by atoms with Crippen molar-refractivity contribution in [1.29, 1.82) is 0 Å². The van der Waals surface area contributed by atoms with Gasteiger partial charge < -0.3 is 10.5 Å². The predicted molar refractivity (Wildman–Crippen MR) is 92.5 cm³/mol. The number of hydrogen-bond donors (Lipinski definition) is 1. The van der Waals surface area contributed by atoms with Gasteiger partial charge in [0.1, 0.15) is 11.5 Å². The largest absolute Gasteiger partial charge is 0.455 e. The summed E-state index contributed by atoms with van der Waals surface area (Å²) < 4.78 is 32.0. The van der Waals surface area contributed by atoms with E-state index in [-0.39, 0.29) is 10.6 Å². The van der Waals surface area contributed by atoms with Gasteiger partial charge in [0.05, 0.1) is 10.6 Å². The highest BCUT2D eigenvalue weighted by Gasteiger charge is 2.22. The molecule has 0 heterocycles. The van der Waals surface area contributed by atoms with Crippen molar-refractivity contribution in [2.45, 2.75) is 18.7 Å². The van der Waals surface area contributed by atoms with Crippen LogP contribution in [0.3, 0.4) is 0 Å². The second kappa shape index (κ2) is 7.21. The van der Waals surface area contributed by atoms with Gasteiger partial charge in [0.2, 0.25) is 10.0 Å². The normalized spacial score (nSPS) is 11.7. The average Bonchev–Trinajstić information content (AvgIpc) is 2.52. The van der Waals surface area contributed by atoms with E-state index < -0.39 is 10.0 Å². The Morgan fingerprint density at radius 3 is 2.22 bits per heavy atom. The minimum Gasteiger partial charge on any atom is -0.455 e. The second-order valence-corrected chi connectivity index (χ2v) is 7.22. The van der Waals surface area contributed by atoms with Gasteiger partial charge in [0, 0.05) is 18.1 Å². The third-order valence-corrected chi connectivity index (χ3v) is 5.66. The Hall–Kier alpha value is -1.76. The van der Waals surface area contributed by atoms with Crippen molar-refractivity contribution in [3.8, 4) is 11.5 Å². The maximum absolute atomic E-state index is 12.5. The molecule has 2 rings (SSSR count). The first-order valence-electron chi connectivity index (χ1n) is 7.21. The van der Waals surface area contributed by atoms with Crippen LogP contribution < -0.4 is 10.5 Å². The topological polar surface area (TPSA) is 72.6 Å². The van der Waals surface area contributed by atoms with Crippen LogP contribution in [0.25, 0.3) is 0 Å². The van der Waals surface area contributed by atoms with Gasteiger partial charge in [-0.25, -0.2) is 8.42 Å². The number of nitrogen functional groups attached to an aromatic ring is 1. The number of anilines is 1. The Balaban J connectivity index is 2.29.